The molecule has 0 saturated heterocycles. The van der Waals surface area contributed by atoms with E-state index in [4.69, 9.17) is 5.73 Å². The first-order valence-corrected chi connectivity index (χ1v) is 6.94. The summed E-state index contributed by atoms with van der Waals surface area (Å²) in [5.74, 6) is -1.27. The van der Waals surface area contributed by atoms with Gasteiger partial charge in [-0.3, -0.25) is 14.6 Å². The summed E-state index contributed by atoms with van der Waals surface area (Å²) >= 11 is 0. The number of nitrogens with zero attached hydrogens (tertiary/aromatic N) is 2. The van der Waals surface area contributed by atoms with Crippen molar-refractivity contribution in [2.24, 2.45) is 10.7 Å². The van der Waals surface area contributed by atoms with Gasteiger partial charge in [0, 0.05) is 26.0 Å². The van der Waals surface area contributed by atoms with Crippen LogP contribution in [-0.2, 0) is 9.59 Å². The van der Waals surface area contributed by atoms with Gasteiger partial charge in [-0.15, -0.1) is 0 Å². The molecule has 7 N–H and O–H groups in total. The molecule has 1 unspecified atom stereocenters. The Bertz CT molecular complexity index is 507. The fourth-order valence-electron chi connectivity index (χ4n) is 1.99. The van der Waals surface area contributed by atoms with Crippen LogP contribution >= 0.6 is 0 Å². The zero-order valence-corrected chi connectivity index (χ0v) is 12.8. The summed E-state index contributed by atoms with van der Waals surface area (Å²) in [7, 11) is 1.40. The highest BCUT2D eigenvalue weighted by Gasteiger charge is 2.32. The van der Waals surface area contributed by atoms with Gasteiger partial charge in [-0.05, 0) is 6.92 Å². The van der Waals surface area contributed by atoms with Gasteiger partial charge >= 0.3 is 0 Å². The Morgan fingerprint density at radius 3 is 2.43 bits per heavy atom. The SMILES string of the molecule is CNC(=O)C1=CN(C[C@H](O)[C@@H](O)[C@H](O)[C@@H](C)O)C(C(N)=O)C=N1. The monoisotopic (exact) mass is 330 g/mol. The van der Waals surface area contributed by atoms with Crippen molar-refractivity contribution in [1.82, 2.24) is 10.2 Å². The molecule has 0 aromatic heterocycles. The number of β-amino-alcohol motifs (C(OH)–C–C–N with tert-alkyl or cyclic N) is 1. The molecule has 0 fully saturated rings. The van der Waals surface area contributed by atoms with Crippen LogP contribution in [-0.4, -0.2) is 87.4 Å². The molecule has 0 radical (unpaired) electrons. The largest absolute Gasteiger partial charge is 0.391 e. The molecule has 10 nitrogen and oxygen atoms in total. The van der Waals surface area contributed by atoms with Gasteiger partial charge in [0.25, 0.3) is 5.91 Å². The summed E-state index contributed by atoms with van der Waals surface area (Å²) < 4.78 is 0. The normalized spacial score (nSPS) is 22.8. The molecule has 0 spiro atoms. The van der Waals surface area contributed by atoms with Crippen LogP contribution in [0.1, 0.15) is 6.92 Å². The Kier molecular flexibility index (Phi) is 6.63. The van der Waals surface area contributed by atoms with E-state index in [2.05, 4.69) is 10.3 Å². The lowest BCUT2D eigenvalue weighted by Crippen LogP contribution is -2.52. The number of aliphatic hydroxyl groups is 4. The number of carbonyl (C=O) groups is 2. The average molecular weight is 330 g/mol. The number of likely N-dealkylation sites (N-methyl/N-ethyl adjacent to an activating group) is 1. The van der Waals surface area contributed by atoms with Gasteiger partial charge in [0.1, 0.15) is 23.9 Å². The highest BCUT2D eigenvalue weighted by Crippen LogP contribution is 2.14. The predicted octanol–water partition coefficient (Wildman–Crippen LogP) is -3.72. The molecule has 1 aliphatic rings. The standard InChI is InChI=1S/C13H22N4O6/c1-6(18)10(20)11(21)9(19)5-17-4-7(13(23)15-2)16-3-8(17)12(14)22/h3-4,6,8-11,18-21H,5H2,1-2H3,(H2,14,22)(H,15,23)/t6-,8?,9+,10-,11-/m1/s1. The van der Waals surface area contributed by atoms with Crippen LogP contribution in [0.3, 0.4) is 0 Å². The molecule has 1 heterocycles. The number of primary amides is 1. The first-order chi connectivity index (χ1) is 10.7. The molecule has 10 heteroatoms. The molecule has 5 atom stereocenters. The average Bonchev–Trinajstić information content (AvgIpc) is 2.51. The van der Waals surface area contributed by atoms with E-state index in [9.17, 15) is 30.0 Å². The van der Waals surface area contributed by atoms with Crippen molar-refractivity contribution >= 4 is 18.0 Å². The topological polar surface area (TPSA) is 169 Å². The molecule has 0 aromatic rings. The van der Waals surface area contributed by atoms with Gasteiger partial charge in [0.05, 0.1) is 12.2 Å². The molecule has 0 aromatic carbocycles. The van der Waals surface area contributed by atoms with Gasteiger partial charge < -0.3 is 36.4 Å². The highest BCUT2D eigenvalue weighted by atomic mass is 16.4. The highest BCUT2D eigenvalue weighted by molar-refractivity contribution is 6.01. The molecule has 0 saturated carbocycles. The third-order valence-electron chi connectivity index (χ3n) is 3.39. The van der Waals surface area contributed by atoms with Crippen molar-refractivity contribution in [3.8, 4) is 0 Å². The van der Waals surface area contributed by atoms with Crippen molar-refractivity contribution in [1.29, 1.82) is 0 Å². The fraction of sp³-hybridized carbons (Fsp3) is 0.615. The number of amides is 2. The van der Waals surface area contributed by atoms with Crippen LogP contribution in [0.15, 0.2) is 16.9 Å². The maximum Gasteiger partial charge on any atom is 0.271 e. The van der Waals surface area contributed by atoms with Crippen LogP contribution in [0.4, 0.5) is 0 Å². The summed E-state index contributed by atoms with van der Waals surface area (Å²) in [6.45, 7) is 0.940. The quantitative estimate of drug-likeness (QED) is 0.279. The number of nitrogens with one attached hydrogen (secondary N) is 1. The molecule has 1 rings (SSSR count). The smallest absolute Gasteiger partial charge is 0.271 e. The molecule has 0 bridgehead atoms. The Morgan fingerprint density at radius 2 is 1.96 bits per heavy atom. The van der Waals surface area contributed by atoms with Crippen molar-refractivity contribution in [2.45, 2.75) is 37.4 Å². The van der Waals surface area contributed by atoms with Crippen LogP contribution in [0.25, 0.3) is 0 Å². The number of hydrogen-bond donors (Lipinski definition) is 6. The number of nitrogens with two attached hydrogens (primary N) is 1. The molecular weight excluding hydrogens is 308 g/mol. The van der Waals surface area contributed by atoms with E-state index in [0.29, 0.717) is 0 Å². The van der Waals surface area contributed by atoms with Gasteiger partial charge in [-0.1, -0.05) is 0 Å². The summed E-state index contributed by atoms with van der Waals surface area (Å²) in [5, 5.41) is 40.9. The van der Waals surface area contributed by atoms with E-state index in [1.54, 1.807) is 0 Å². The summed E-state index contributed by atoms with van der Waals surface area (Å²) in [4.78, 5) is 28.1. The summed E-state index contributed by atoms with van der Waals surface area (Å²) in [6, 6.07) is -1.02. The predicted molar refractivity (Wildman–Crippen MR) is 80.0 cm³/mol. The van der Waals surface area contributed by atoms with E-state index < -0.39 is 42.3 Å². The number of rotatable bonds is 7. The van der Waals surface area contributed by atoms with E-state index >= 15 is 0 Å². The maximum atomic E-state index is 11.6. The van der Waals surface area contributed by atoms with Gasteiger partial charge in [-0.2, -0.15) is 0 Å². The fourth-order valence-corrected chi connectivity index (χ4v) is 1.99. The van der Waals surface area contributed by atoms with Crippen LogP contribution in [0.2, 0.25) is 0 Å². The van der Waals surface area contributed by atoms with E-state index in [-0.39, 0.29) is 12.2 Å². The van der Waals surface area contributed by atoms with Crippen LogP contribution in [0.5, 0.6) is 0 Å². The molecule has 130 valence electrons. The maximum absolute atomic E-state index is 11.6. The Hall–Kier alpha value is -2.01. The Morgan fingerprint density at radius 1 is 1.35 bits per heavy atom. The second-order valence-corrected chi connectivity index (χ2v) is 5.20. The van der Waals surface area contributed by atoms with E-state index in [0.717, 1.165) is 6.21 Å². The summed E-state index contributed by atoms with van der Waals surface area (Å²) in [6.07, 6.45) is -3.62. The lowest BCUT2D eigenvalue weighted by molar-refractivity contribution is -0.123. The minimum atomic E-state index is -1.65. The minimum absolute atomic E-state index is 0.0113. The zero-order valence-electron chi connectivity index (χ0n) is 12.8. The number of hydrogen-bond acceptors (Lipinski definition) is 8. The lowest BCUT2D eigenvalue weighted by Gasteiger charge is -2.33. The molecule has 23 heavy (non-hydrogen) atoms. The first-order valence-electron chi connectivity index (χ1n) is 6.94. The third-order valence-corrected chi connectivity index (χ3v) is 3.39. The van der Waals surface area contributed by atoms with Crippen molar-refractivity contribution < 1.29 is 30.0 Å². The van der Waals surface area contributed by atoms with E-state index in [1.165, 1.54) is 25.1 Å². The number of carbonyl (C=O) groups excluding carboxylic acids is 2. The molecule has 2 amide bonds. The third kappa shape index (κ3) is 4.73. The zero-order chi connectivity index (χ0) is 17.7. The molecule has 0 aliphatic carbocycles. The van der Waals surface area contributed by atoms with Gasteiger partial charge in [-0.25, -0.2) is 0 Å². The first kappa shape index (κ1) is 19.0. The number of aliphatic imine (C=N–C) groups is 1. The Balaban J connectivity index is 2.91. The summed E-state index contributed by atoms with van der Waals surface area (Å²) in [5.41, 5.74) is 5.22. The molecule has 1 aliphatic heterocycles. The second kappa shape index (κ2) is 8.02. The van der Waals surface area contributed by atoms with Gasteiger partial charge in [0.15, 0.2) is 0 Å². The minimum Gasteiger partial charge on any atom is -0.391 e. The second-order valence-electron chi connectivity index (χ2n) is 5.20. The molecular formula is C13H22N4O6. The van der Waals surface area contributed by atoms with E-state index in [1.807, 2.05) is 0 Å². The van der Waals surface area contributed by atoms with Crippen molar-refractivity contribution in [3.05, 3.63) is 11.9 Å². The van der Waals surface area contributed by atoms with Gasteiger partial charge in [0.2, 0.25) is 5.91 Å². The number of aliphatic hydroxyl groups excluding tert-OH is 4. The van der Waals surface area contributed by atoms with Crippen molar-refractivity contribution in [3.63, 3.8) is 0 Å². The van der Waals surface area contributed by atoms with Crippen molar-refractivity contribution in [2.75, 3.05) is 13.6 Å². The van der Waals surface area contributed by atoms with Crippen LogP contribution in [0, 0.1) is 0 Å². The van der Waals surface area contributed by atoms with Crippen LogP contribution < -0.4 is 11.1 Å². The lowest BCUT2D eigenvalue weighted by atomic mass is 10.0. The Labute approximate surface area is 132 Å².